The third kappa shape index (κ3) is 6.02. The Bertz CT molecular complexity index is 1330. The minimum Gasteiger partial charge on any atom is -0.369 e. The van der Waals surface area contributed by atoms with E-state index in [1.165, 1.54) is 23.3 Å². The maximum Gasteiger partial charge on any atom is 0.272 e. The summed E-state index contributed by atoms with van der Waals surface area (Å²) in [7, 11) is 2.04. The molecule has 5 nitrogen and oxygen atoms in total. The number of pyridine rings is 1. The maximum absolute atomic E-state index is 14.3. The van der Waals surface area contributed by atoms with Gasteiger partial charge in [0.2, 0.25) is 0 Å². The normalized spacial score (nSPS) is 11.9. The molecule has 0 radical (unpaired) electrons. The first-order valence-electron chi connectivity index (χ1n) is 12.4. The largest absolute Gasteiger partial charge is 0.369 e. The van der Waals surface area contributed by atoms with Crippen LogP contribution in [0, 0.1) is 6.92 Å². The minimum absolute atomic E-state index is 0.0992. The summed E-state index contributed by atoms with van der Waals surface area (Å²) in [6.45, 7) is 7.40. The van der Waals surface area contributed by atoms with Crippen LogP contribution in [0.3, 0.4) is 0 Å². The quantitative estimate of drug-likeness (QED) is 0.272. The van der Waals surface area contributed by atoms with Crippen LogP contribution in [-0.4, -0.2) is 40.0 Å². The van der Waals surface area contributed by atoms with E-state index in [4.69, 9.17) is 9.97 Å². The van der Waals surface area contributed by atoms with E-state index in [0.717, 1.165) is 44.1 Å². The van der Waals surface area contributed by atoms with E-state index >= 15 is 0 Å². The van der Waals surface area contributed by atoms with Crippen molar-refractivity contribution in [3.63, 3.8) is 0 Å². The monoisotopic (exact) mass is 489 g/mol. The molecule has 188 valence electrons. The molecule has 2 heterocycles. The van der Waals surface area contributed by atoms with E-state index in [-0.39, 0.29) is 11.3 Å². The molecule has 0 fully saturated rings. The number of hydrogen-bond donors (Lipinski definition) is 1. The molecule has 0 saturated carbocycles. The van der Waals surface area contributed by atoms with Crippen LogP contribution < -0.4 is 5.32 Å². The number of halogens is 2. The summed E-state index contributed by atoms with van der Waals surface area (Å²) in [5.74, 6) is -1.56. The van der Waals surface area contributed by atoms with Crippen molar-refractivity contribution in [3.05, 3.63) is 83.3 Å². The summed E-state index contributed by atoms with van der Waals surface area (Å²) in [5.41, 5.74) is 4.03. The number of nitrogens with one attached hydrogen (secondary N) is 1. The average molecular weight is 490 g/mol. The first kappa shape index (κ1) is 25.6. The number of hydrogen-bond acceptors (Lipinski definition) is 5. The van der Waals surface area contributed by atoms with E-state index in [1.807, 2.05) is 31.3 Å². The third-order valence-electron chi connectivity index (χ3n) is 6.26. The lowest BCUT2D eigenvalue weighted by atomic mass is 10.0. The van der Waals surface area contributed by atoms with Crippen LogP contribution in [0.25, 0.3) is 22.2 Å². The fourth-order valence-electron chi connectivity index (χ4n) is 4.43. The van der Waals surface area contributed by atoms with Gasteiger partial charge in [-0.2, -0.15) is 0 Å². The zero-order valence-electron chi connectivity index (χ0n) is 21.4. The number of anilines is 1. The van der Waals surface area contributed by atoms with Gasteiger partial charge in [0, 0.05) is 36.2 Å². The molecule has 2 aromatic heterocycles. The van der Waals surface area contributed by atoms with Gasteiger partial charge in [0.05, 0.1) is 17.8 Å². The van der Waals surface area contributed by atoms with Crippen LogP contribution in [0.5, 0.6) is 0 Å². The molecule has 0 bridgehead atoms. The highest BCUT2D eigenvalue weighted by molar-refractivity contribution is 5.92. The summed E-state index contributed by atoms with van der Waals surface area (Å²) in [6, 6.07) is 16.9. The zero-order valence-corrected chi connectivity index (χ0v) is 21.4. The molecule has 0 aliphatic rings. The lowest BCUT2D eigenvalue weighted by molar-refractivity contribution is 0.0178. The Morgan fingerprint density at radius 3 is 2.58 bits per heavy atom. The first-order valence-corrected chi connectivity index (χ1v) is 12.4. The van der Waals surface area contributed by atoms with Crippen molar-refractivity contribution < 1.29 is 8.78 Å². The van der Waals surface area contributed by atoms with Crippen molar-refractivity contribution in [2.24, 2.45) is 0 Å². The molecule has 0 amide bonds. The molecule has 2 aromatic carbocycles. The van der Waals surface area contributed by atoms with Crippen molar-refractivity contribution in [1.29, 1.82) is 0 Å². The summed E-state index contributed by atoms with van der Waals surface area (Å²) in [4.78, 5) is 16.1. The molecule has 1 N–H and O–H groups in total. The van der Waals surface area contributed by atoms with E-state index in [9.17, 15) is 8.78 Å². The van der Waals surface area contributed by atoms with Gasteiger partial charge in [-0.25, -0.2) is 18.7 Å². The Labute approximate surface area is 211 Å². The molecule has 0 aliphatic heterocycles. The van der Waals surface area contributed by atoms with Gasteiger partial charge < -0.3 is 5.32 Å². The summed E-state index contributed by atoms with van der Waals surface area (Å²) < 4.78 is 28.6. The third-order valence-corrected chi connectivity index (χ3v) is 6.26. The molecule has 36 heavy (non-hydrogen) atoms. The first-order chi connectivity index (χ1) is 17.3. The van der Waals surface area contributed by atoms with Gasteiger partial charge in [-0.15, -0.1) is 0 Å². The molecule has 4 rings (SSSR count). The lowest BCUT2D eigenvalue weighted by Crippen LogP contribution is -2.20. The zero-order chi connectivity index (χ0) is 25.7. The van der Waals surface area contributed by atoms with Gasteiger partial charge in [-0.3, -0.25) is 9.88 Å². The molecular weight excluding hydrogens is 456 g/mol. The Hall–Kier alpha value is -3.45. The second-order valence-electron chi connectivity index (χ2n) is 9.35. The van der Waals surface area contributed by atoms with Gasteiger partial charge in [-0.1, -0.05) is 37.3 Å². The number of aryl methyl sites for hydroxylation is 1. The van der Waals surface area contributed by atoms with E-state index in [2.05, 4.69) is 47.2 Å². The summed E-state index contributed by atoms with van der Waals surface area (Å²) in [6.07, 6.45) is 3.44. The average Bonchev–Trinajstić information content (AvgIpc) is 2.84. The van der Waals surface area contributed by atoms with Crippen molar-refractivity contribution in [1.82, 2.24) is 19.9 Å². The molecule has 4 aromatic rings. The summed E-state index contributed by atoms with van der Waals surface area (Å²) in [5, 5.41) is 4.35. The van der Waals surface area contributed by atoms with Crippen LogP contribution in [0.1, 0.15) is 42.8 Å². The molecule has 7 heteroatoms. The van der Waals surface area contributed by atoms with Crippen LogP contribution in [0.15, 0.2) is 60.8 Å². The van der Waals surface area contributed by atoms with Crippen LogP contribution >= 0.6 is 0 Å². The Morgan fingerprint density at radius 2 is 1.83 bits per heavy atom. The predicted molar refractivity (Wildman–Crippen MR) is 142 cm³/mol. The Kier molecular flexibility index (Phi) is 7.89. The highest BCUT2D eigenvalue weighted by Gasteiger charge is 2.28. The molecule has 0 unspecified atom stereocenters. The van der Waals surface area contributed by atoms with Gasteiger partial charge in [-0.05, 0) is 68.8 Å². The van der Waals surface area contributed by atoms with Crippen molar-refractivity contribution in [2.45, 2.75) is 46.1 Å². The number of rotatable bonds is 10. The number of aromatic nitrogens is 3. The molecule has 0 aliphatic carbocycles. The highest BCUT2D eigenvalue weighted by atomic mass is 19.3. The van der Waals surface area contributed by atoms with Crippen molar-refractivity contribution in [2.75, 3.05) is 25.5 Å². The fraction of sp³-hybridized carbons (Fsp3) is 0.345. The van der Waals surface area contributed by atoms with Gasteiger partial charge in [0.25, 0.3) is 5.92 Å². The van der Waals surface area contributed by atoms with Crippen molar-refractivity contribution >= 4 is 16.7 Å². The highest BCUT2D eigenvalue weighted by Crippen LogP contribution is 2.35. The van der Waals surface area contributed by atoms with E-state index in [1.54, 1.807) is 6.20 Å². The van der Waals surface area contributed by atoms with Crippen molar-refractivity contribution in [3.8, 4) is 11.3 Å². The molecule has 0 atom stereocenters. The Balaban J connectivity index is 1.71. The van der Waals surface area contributed by atoms with Gasteiger partial charge in [0.1, 0.15) is 11.6 Å². The van der Waals surface area contributed by atoms with Gasteiger partial charge >= 0.3 is 0 Å². The maximum atomic E-state index is 14.3. The second kappa shape index (κ2) is 11.1. The van der Waals surface area contributed by atoms with Crippen LogP contribution in [-0.2, 0) is 18.9 Å². The summed E-state index contributed by atoms with van der Waals surface area (Å²) >= 11 is 0. The molecule has 0 spiro atoms. The van der Waals surface area contributed by atoms with Crippen LogP contribution in [0.4, 0.5) is 14.6 Å². The predicted octanol–water partition coefficient (Wildman–Crippen LogP) is 6.61. The number of benzene rings is 2. The standard InChI is InChI=1S/C29H33F2N5/c1-5-17-36(4)19-26-34-25-18-22(27-24(29(3,30)31)11-8-15-32-27)12-13-23(25)28(35-26)33-16-14-21-10-7-6-9-20(21)2/h6-13,15,18H,5,14,16-17,19H2,1-4H3,(H,33,34,35). The number of nitrogens with zero attached hydrogens (tertiary/aromatic N) is 4. The van der Waals surface area contributed by atoms with Gasteiger partial charge in [0.15, 0.2) is 0 Å². The molecule has 0 saturated heterocycles. The Morgan fingerprint density at radius 1 is 1.03 bits per heavy atom. The SMILES string of the molecule is CCCN(C)Cc1nc(NCCc2ccccc2C)c2ccc(-c3ncccc3C(C)(F)F)cc2n1. The van der Waals surface area contributed by atoms with E-state index in [0.29, 0.717) is 23.4 Å². The minimum atomic E-state index is -3.00. The number of fused-ring (bicyclic) bond motifs is 1. The fourth-order valence-corrected chi connectivity index (χ4v) is 4.43. The molecular formula is C29H33F2N5. The lowest BCUT2D eigenvalue weighted by Gasteiger charge is -2.18. The topological polar surface area (TPSA) is 53.9 Å². The number of alkyl halides is 2. The smallest absolute Gasteiger partial charge is 0.272 e. The second-order valence-corrected chi connectivity index (χ2v) is 9.35. The van der Waals surface area contributed by atoms with Crippen LogP contribution in [0.2, 0.25) is 0 Å². The van der Waals surface area contributed by atoms with E-state index < -0.39 is 5.92 Å².